The molecule has 2 aromatic rings. The second kappa shape index (κ2) is 7.36. The first-order valence-electron chi connectivity index (χ1n) is 7.18. The quantitative estimate of drug-likeness (QED) is 0.829. The number of para-hydroxylation sites is 1. The Bertz CT molecular complexity index is 650. The zero-order valence-electron chi connectivity index (χ0n) is 13.3. The molecule has 0 aliphatic rings. The molecule has 0 aromatic heterocycles. The average molecular weight is 315 g/mol. The maximum absolute atomic E-state index is 12.3. The van der Waals surface area contributed by atoms with Gasteiger partial charge in [-0.3, -0.25) is 4.79 Å². The van der Waals surface area contributed by atoms with Gasteiger partial charge in [-0.2, -0.15) is 0 Å². The average Bonchev–Trinajstić information content (AvgIpc) is 2.46. The van der Waals surface area contributed by atoms with Gasteiger partial charge in [0.1, 0.15) is 5.75 Å². The van der Waals surface area contributed by atoms with Crippen molar-refractivity contribution in [2.24, 2.45) is 0 Å². The lowest BCUT2D eigenvalue weighted by atomic mass is 10.1. The summed E-state index contributed by atoms with van der Waals surface area (Å²) in [7, 11) is 0. The van der Waals surface area contributed by atoms with E-state index in [4.69, 9.17) is 4.74 Å². The highest BCUT2D eigenvalue weighted by Gasteiger charge is 2.16. The van der Waals surface area contributed by atoms with Gasteiger partial charge in [0.25, 0.3) is 5.91 Å². The molecule has 22 heavy (non-hydrogen) atoms. The van der Waals surface area contributed by atoms with E-state index >= 15 is 0 Å². The molecule has 0 bridgehead atoms. The van der Waals surface area contributed by atoms with Crippen LogP contribution in [0.5, 0.6) is 5.75 Å². The SMILES string of the molecule is CSc1ccccc1NC(=O)[C@H](C)Oc1cc(C)cc(C)c1. The molecule has 116 valence electrons. The smallest absolute Gasteiger partial charge is 0.265 e. The summed E-state index contributed by atoms with van der Waals surface area (Å²) in [4.78, 5) is 13.3. The van der Waals surface area contributed by atoms with E-state index in [-0.39, 0.29) is 5.91 Å². The molecular weight excluding hydrogens is 294 g/mol. The maximum Gasteiger partial charge on any atom is 0.265 e. The van der Waals surface area contributed by atoms with Crippen molar-refractivity contribution in [1.29, 1.82) is 0 Å². The summed E-state index contributed by atoms with van der Waals surface area (Å²) in [6.07, 6.45) is 1.43. The van der Waals surface area contributed by atoms with E-state index in [1.54, 1.807) is 18.7 Å². The van der Waals surface area contributed by atoms with E-state index in [9.17, 15) is 4.79 Å². The number of hydrogen-bond acceptors (Lipinski definition) is 3. The third-order valence-corrected chi connectivity index (χ3v) is 4.04. The number of aryl methyl sites for hydroxylation is 2. The fourth-order valence-electron chi connectivity index (χ4n) is 2.24. The first-order chi connectivity index (χ1) is 10.5. The largest absolute Gasteiger partial charge is 0.481 e. The van der Waals surface area contributed by atoms with E-state index in [1.807, 2.05) is 56.5 Å². The zero-order valence-corrected chi connectivity index (χ0v) is 14.2. The molecule has 0 unspecified atom stereocenters. The van der Waals surface area contributed by atoms with Crippen LogP contribution in [-0.2, 0) is 4.79 Å². The van der Waals surface area contributed by atoms with Crippen LogP contribution in [0.4, 0.5) is 5.69 Å². The summed E-state index contributed by atoms with van der Waals surface area (Å²) in [6.45, 7) is 5.79. The van der Waals surface area contributed by atoms with Gasteiger partial charge in [-0.15, -0.1) is 11.8 Å². The van der Waals surface area contributed by atoms with E-state index in [1.165, 1.54) is 0 Å². The van der Waals surface area contributed by atoms with Gasteiger partial charge >= 0.3 is 0 Å². The molecule has 0 saturated carbocycles. The van der Waals surface area contributed by atoms with Gasteiger partial charge in [0, 0.05) is 4.90 Å². The van der Waals surface area contributed by atoms with Gasteiger partial charge in [-0.1, -0.05) is 18.2 Å². The van der Waals surface area contributed by atoms with Crippen molar-refractivity contribution in [2.75, 3.05) is 11.6 Å². The number of thioether (sulfide) groups is 1. The topological polar surface area (TPSA) is 38.3 Å². The summed E-state index contributed by atoms with van der Waals surface area (Å²) < 4.78 is 5.76. The number of ether oxygens (including phenoxy) is 1. The lowest BCUT2D eigenvalue weighted by Gasteiger charge is -2.16. The molecule has 0 saturated heterocycles. The second-order valence-corrected chi connectivity index (χ2v) is 6.12. The van der Waals surface area contributed by atoms with Gasteiger partial charge in [0.15, 0.2) is 6.10 Å². The Labute approximate surface area is 136 Å². The number of hydrogen-bond donors (Lipinski definition) is 1. The van der Waals surface area contributed by atoms with Crippen molar-refractivity contribution in [2.45, 2.75) is 31.8 Å². The minimum atomic E-state index is -0.559. The predicted octanol–water partition coefficient (Wildman–Crippen LogP) is 4.43. The molecule has 1 atom stereocenters. The molecule has 4 heteroatoms. The first kappa shape index (κ1) is 16.4. The normalized spacial score (nSPS) is 11.8. The fraction of sp³-hybridized carbons (Fsp3) is 0.278. The summed E-state index contributed by atoms with van der Waals surface area (Å²) in [5.74, 6) is 0.568. The van der Waals surface area contributed by atoms with E-state index in [0.717, 1.165) is 27.5 Å². The van der Waals surface area contributed by atoms with Crippen LogP contribution >= 0.6 is 11.8 Å². The summed E-state index contributed by atoms with van der Waals surface area (Å²) in [5.41, 5.74) is 3.06. The van der Waals surface area contributed by atoms with Crippen LogP contribution in [0.1, 0.15) is 18.1 Å². The van der Waals surface area contributed by atoms with Crippen LogP contribution in [0.2, 0.25) is 0 Å². The van der Waals surface area contributed by atoms with Crippen molar-refractivity contribution >= 4 is 23.4 Å². The van der Waals surface area contributed by atoms with Crippen molar-refractivity contribution in [3.8, 4) is 5.75 Å². The number of anilines is 1. The molecule has 0 aliphatic carbocycles. The highest BCUT2D eigenvalue weighted by Crippen LogP contribution is 2.25. The first-order valence-corrected chi connectivity index (χ1v) is 8.41. The van der Waals surface area contributed by atoms with Crippen LogP contribution in [0, 0.1) is 13.8 Å². The molecule has 0 fully saturated rings. The van der Waals surface area contributed by atoms with Crippen LogP contribution in [0.25, 0.3) is 0 Å². The van der Waals surface area contributed by atoms with Crippen LogP contribution in [-0.4, -0.2) is 18.3 Å². The Kier molecular flexibility index (Phi) is 5.50. The van der Waals surface area contributed by atoms with Gasteiger partial charge < -0.3 is 10.1 Å². The molecule has 0 heterocycles. The predicted molar refractivity (Wildman–Crippen MR) is 92.9 cm³/mol. The van der Waals surface area contributed by atoms with Crippen molar-refractivity contribution in [3.63, 3.8) is 0 Å². The van der Waals surface area contributed by atoms with Crippen LogP contribution < -0.4 is 10.1 Å². The Morgan fingerprint density at radius 2 is 1.77 bits per heavy atom. The molecule has 1 amide bonds. The molecule has 2 aromatic carbocycles. The highest BCUT2D eigenvalue weighted by molar-refractivity contribution is 7.98. The number of rotatable bonds is 5. The Hall–Kier alpha value is -1.94. The standard InChI is InChI=1S/C18H21NO2S/c1-12-9-13(2)11-15(10-12)21-14(3)18(20)19-16-7-5-6-8-17(16)22-4/h5-11,14H,1-4H3,(H,19,20)/t14-/m0/s1. The number of carbonyl (C=O) groups excluding carboxylic acids is 1. The Balaban J connectivity index is 2.06. The summed E-state index contributed by atoms with van der Waals surface area (Å²) in [5, 5.41) is 2.93. The lowest BCUT2D eigenvalue weighted by Crippen LogP contribution is -2.30. The molecule has 1 N–H and O–H groups in total. The van der Waals surface area contributed by atoms with Gasteiger partial charge in [-0.05, 0) is 62.4 Å². The lowest BCUT2D eigenvalue weighted by molar-refractivity contribution is -0.122. The Morgan fingerprint density at radius 3 is 2.41 bits per heavy atom. The minimum Gasteiger partial charge on any atom is -0.481 e. The van der Waals surface area contributed by atoms with Gasteiger partial charge in [0.2, 0.25) is 0 Å². The van der Waals surface area contributed by atoms with Crippen LogP contribution in [0.3, 0.4) is 0 Å². The highest BCUT2D eigenvalue weighted by atomic mass is 32.2. The van der Waals surface area contributed by atoms with Gasteiger partial charge in [-0.25, -0.2) is 0 Å². The Morgan fingerprint density at radius 1 is 1.14 bits per heavy atom. The van der Waals surface area contributed by atoms with Gasteiger partial charge in [0.05, 0.1) is 5.69 Å². The minimum absolute atomic E-state index is 0.152. The molecule has 0 aliphatic heterocycles. The summed E-state index contributed by atoms with van der Waals surface area (Å²) >= 11 is 1.60. The molecule has 0 spiro atoms. The monoisotopic (exact) mass is 315 g/mol. The molecular formula is C18H21NO2S. The maximum atomic E-state index is 12.3. The number of benzene rings is 2. The third-order valence-electron chi connectivity index (χ3n) is 3.24. The number of nitrogens with one attached hydrogen (secondary N) is 1. The third kappa shape index (κ3) is 4.28. The molecule has 0 radical (unpaired) electrons. The molecule has 2 rings (SSSR count). The van der Waals surface area contributed by atoms with Crippen molar-refractivity contribution in [1.82, 2.24) is 0 Å². The zero-order chi connectivity index (χ0) is 16.1. The second-order valence-electron chi connectivity index (χ2n) is 5.27. The number of carbonyl (C=O) groups is 1. The van der Waals surface area contributed by atoms with Crippen molar-refractivity contribution < 1.29 is 9.53 Å². The summed E-state index contributed by atoms with van der Waals surface area (Å²) in [6, 6.07) is 13.7. The van der Waals surface area contributed by atoms with Crippen LogP contribution in [0.15, 0.2) is 47.4 Å². The number of amides is 1. The van der Waals surface area contributed by atoms with E-state index in [2.05, 4.69) is 11.4 Å². The fourth-order valence-corrected chi connectivity index (χ4v) is 2.79. The van der Waals surface area contributed by atoms with E-state index in [0.29, 0.717) is 0 Å². The molecule has 3 nitrogen and oxygen atoms in total. The van der Waals surface area contributed by atoms with Crippen molar-refractivity contribution in [3.05, 3.63) is 53.6 Å². The van der Waals surface area contributed by atoms with E-state index < -0.39 is 6.10 Å².